The minimum absolute atomic E-state index is 0.0636. The van der Waals surface area contributed by atoms with Gasteiger partial charge in [-0.05, 0) is 30.4 Å². The van der Waals surface area contributed by atoms with Gasteiger partial charge in [-0.3, -0.25) is 9.79 Å². The standard InChI is InChI=1S/C13H12FNOS/c1-17-13-7-12(16)10(8-15-13)6-9-2-4-11(14)5-3-9/h2-5,7-8,10H,6H2,1H3. The molecular weight excluding hydrogens is 237 g/mol. The molecule has 0 radical (unpaired) electrons. The molecule has 1 aliphatic rings. The van der Waals surface area contributed by atoms with Gasteiger partial charge in [0.15, 0.2) is 5.78 Å². The van der Waals surface area contributed by atoms with E-state index in [1.165, 1.54) is 23.9 Å². The van der Waals surface area contributed by atoms with Crippen LogP contribution in [0.25, 0.3) is 0 Å². The van der Waals surface area contributed by atoms with Crippen molar-refractivity contribution in [3.63, 3.8) is 0 Å². The van der Waals surface area contributed by atoms with Crippen molar-refractivity contribution in [3.05, 3.63) is 46.8 Å². The summed E-state index contributed by atoms with van der Waals surface area (Å²) < 4.78 is 12.7. The molecule has 0 saturated heterocycles. The van der Waals surface area contributed by atoms with Gasteiger partial charge in [-0.2, -0.15) is 0 Å². The van der Waals surface area contributed by atoms with Crippen molar-refractivity contribution in [1.29, 1.82) is 0 Å². The molecule has 0 N–H and O–H groups in total. The Morgan fingerprint density at radius 1 is 1.35 bits per heavy atom. The summed E-state index contributed by atoms with van der Waals surface area (Å²) in [6.45, 7) is 0. The van der Waals surface area contributed by atoms with Gasteiger partial charge in [0, 0.05) is 12.3 Å². The monoisotopic (exact) mass is 249 g/mol. The van der Waals surface area contributed by atoms with Gasteiger partial charge in [0.25, 0.3) is 0 Å². The number of nitrogens with zero attached hydrogens (tertiary/aromatic N) is 1. The van der Waals surface area contributed by atoms with E-state index in [1.807, 2.05) is 6.26 Å². The Labute approximate surface area is 104 Å². The van der Waals surface area contributed by atoms with Gasteiger partial charge in [-0.1, -0.05) is 12.1 Å². The number of ketones is 1. The predicted molar refractivity (Wildman–Crippen MR) is 68.7 cm³/mol. The lowest BCUT2D eigenvalue weighted by molar-refractivity contribution is -0.116. The van der Waals surface area contributed by atoms with Crippen molar-refractivity contribution in [1.82, 2.24) is 0 Å². The topological polar surface area (TPSA) is 29.4 Å². The molecule has 0 aliphatic carbocycles. The zero-order chi connectivity index (χ0) is 12.3. The predicted octanol–water partition coefficient (Wildman–Crippen LogP) is 2.84. The highest BCUT2D eigenvalue weighted by molar-refractivity contribution is 8.02. The average molecular weight is 249 g/mol. The number of aliphatic imine (C=N–C) groups is 1. The molecule has 2 rings (SSSR count). The fourth-order valence-electron chi connectivity index (χ4n) is 1.64. The van der Waals surface area contributed by atoms with Crippen molar-refractivity contribution in [3.8, 4) is 0 Å². The molecule has 1 heterocycles. The maximum Gasteiger partial charge on any atom is 0.167 e. The molecule has 0 amide bonds. The first-order chi connectivity index (χ1) is 8.19. The van der Waals surface area contributed by atoms with Gasteiger partial charge in [-0.15, -0.1) is 11.8 Å². The molecule has 1 aliphatic heterocycles. The first-order valence-electron chi connectivity index (χ1n) is 5.27. The average Bonchev–Trinajstić information content (AvgIpc) is 2.34. The van der Waals surface area contributed by atoms with E-state index < -0.39 is 0 Å². The van der Waals surface area contributed by atoms with Gasteiger partial charge < -0.3 is 0 Å². The van der Waals surface area contributed by atoms with Gasteiger partial charge >= 0.3 is 0 Å². The molecule has 4 heteroatoms. The first-order valence-corrected chi connectivity index (χ1v) is 6.49. The fraction of sp³-hybridized carbons (Fsp3) is 0.231. The van der Waals surface area contributed by atoms with Crippen LogP contribution in [0.3, 0.4) is 0 Å². The number of rotatable bonds is 3. The third kappa shape index (κ3) is 3.03. The third-order valence-electron chi connectivity index (χ3n) is 2.59. The molecule has 0 fully saturated rings. The minimum atomic E-state index is -0.262. The molecule has 1 aromatic rings. The van der Waals surface area contributed by atoms with Crippen LogP contribution in [0.2, 0.25) is 0 Å². The van der Waals surface area contributed by atoms with E-state index in [0.717, 1.165) is 10.6 Å². The second kappa shape index (κ2) is 5.27. The summed E-state index contributed by atoms with van der Waals surface area (Å²) in [5, 5.41) is 0.741. The van der Waals surface area contributed by atoms with Crippen LogP contribution < -0.4 is 0 Å². The number of carbonyl (C=O) groups excluding carboxylic acids is 1. The summed E-state index contributed by atoms with van der Waals surface area (Å²) >= 11 is 1.45. The lowest BCUT2D eigenvalue weighted by Gasteiger charge is -2.13. The Hall–Kier alpha value is -1.42. The highest BCUT2D eigenvalue weighted by atomic mass is 32.2. The van der Waals surface area contributed by atoms with Crippen LogP contribution in [-0.2, 0) is 11.2 Å². The van der Waals surface area contributed by atoms with Gasteiger partial charge in [0.05, 0.1) is 10.9 Å². The molecule has 1 unspecified atom stereocenters. The van der Waals surface area contributed by atoms with E-state index in [4.69, 9.17) is 0 Å². The van der Waals surface area contributed by atoms with Crippen LogP contribution in [0.1, 0.15) is 5.56 Å². The van der Waals surface area contributed by atoms with Crippen LogP contribution in [-0.4, -0.2) is 18.3 Å². The van der Waals surface area contributed by atoms with Crippen molar-refractivity contribution < 1.29 is 9.18 Å². The number of hydrogen-bond acceptors (Lipinski definition) is 3. The summed E-state index contributed by atoms with van der Waals surface area (Å²) in [6.07, 6.45) is 5.70. The summed E-state index contributed by atoms with van der Waals surface area (Å²) in [5.74, 6) is -0.424. The molecule has 1 atom stereocenters. The van der Waals surface area contributed by atoms with Crippen LogP contribution in [0, 0.1) is 11.7 Å². The highest BCUT2D eigenvalue weighted by Gasteiger charge is 2.19. The Kier molecular flexibility index (Phi) is 3.74. The molecule has 1 aromatic carbocycles. The normalized spacial score (nSPS) is 19.3. The van der Waals surface area contributed by atoms with E-state index in [2.05, 4.69) is 4.99 Å². The maximum absolute atomic E-state index is 12.7. The van der Waals surface area contributed by atoms with Crippen LogP contribution >= 0.6 is 11.8 Å². The highest BCUT2D eigenvalue weighted by Crippen LogP contribution is 2.20. The van der Waals surface area contributed by atoms with Crippen LogP contribution in [0.5, 0.6) is 0 Å². The van der Waals surface area contributed by atoms with Crippen molar-refractivity contribution in [2.24, 2.45) is 10.9 Å². The van der Waals surface area contributed by atoms with Crippen molar-refractivity contribution >= 4 is 23.8 Å². The molecule has 0 saturated carbocycles. The minimum Gasteiger partial charge on any atom is -0.294 e. The smallest absolute Gasteiger partial charge is 0.167 e. The van der Waals surface area contributed by atoms with Crippen LogP contribution in [0.15, 0.2) is 40.4 Å². The molecule has 17 heavy (non-hydrogen) atoms. The van der Waals surface area contributed by atoms with Crippen molar-refractivity contribution in [2.45, 2.75) is 6.42 Å². The second-order valence-electron chi connectivity index (χ2n) is 3.80. The number of carbonyl (C=O) groups is 1. The molecule has 2 nitrogen and oxygen atoms in total. The molecular formula is C13H12FNOS. The molecule has 88 valence electrons. The first kappa shape index (κ1) is 12.0. The lowest BCUT2D eigenvalue weighted by atomic mass is 9.95. The number of benzene rings is 1. The van der Waals surface area contributed by atoms with Gasteiger partial charge in [0.2, 0.25) is 0 Å². The zero-order valence-corrected chi connectivity index (χ0v) is 10.2. The summed E-state index contributed by atoms with van der Waals surface area (Å²) in [7, 11) is 0. The molecule has 0 aromatic heterocycles. The second-order valence-corrected chi connectivity index (χ2v) is 4.63. The SMILES string of the molecule is CSC1=CC(=O)C(Cc2ccc(F)cc2)C=N1. The number of halogens is 1. The zero-order valence-electron chi connectivity index (χ0n) is 9.39. The summed E-state index contributed by atoms with van der Waals surface area (Å²) in [6, 6.07) is 6.21. The largest absolute Gasteiger partial charge is 0.294 e. The van der Waals surface area contributed by atoms with Crippen LogP contribution in [0.4, 0.5) is 4.39 Å². The number of allylic oxidation sites excluding steroid dienone is 1. The lowest BCUT2D eigenvalue weighted by Crippen LogP contribution is -2.19. The van der Waals surface area contributed by atoms with E-state index in [-0.39, 0.29) is 17.5 Å². The Morgan fingerprint density at radius 3 is 2.65 bits per heavy atom. The van der Waals surface area contributed by atoms with Gasteiger partial charge in [0.1, 0.15) is 5.82 Å². The number of hydrogen-bond donors (Lipinski definition) is 0. The van der Waals surface area contributed by atoms with E-state index in [9.17, 15) is 9.18 Å². The van der Waals surface area contributed by atoms with E-state index in [1.54, 1.807) is 24.4 Å². The number of thioether (sulfide) groups is 1. The van der Waals surface area contributed by atoms with E-state index >= 15 is 0 Å². The molecule has 0 spiro atoms. The Bertz CT molecular complexity index is 479. The third-order valence-corrected chi connectivity index (χ3v) is 3.23. The van der Waals surface area contributed by atoms with Crippen molar-refractivity contribution in [2.75, 3.05) is 6.26 Å². The Balaban J connectivity index is 2.06. The maximum atomic E-state index is 12.7. The molecule has 0 bridgehead atoms. The summed E-state index contributed by atoms with van der Waals surface area (Å²) in [5.41, 5.74) is 0.942. The van der Waals surface area contributed by atoms with Gasteiger partial charge in [-0.25, -0.2) is 4.39 Å². The summed E-state index contributed by atoms with van der Waals surface area (Å²) in [4.78, 5) is 16.0. The Morgan fingerprint density at radius 2 is 2.06 bits per heavy atom. The quantitative estimate of drug-likeness (QED) is 0.824. The fourth-order valence-corrected chi connectivity index (χ4v) is 2.04. The van der Waals surface area contributed by atoms with E-state index in [0.29, 0.717) is 6.42 Å².